The number of fused-ring (bicyclic) bond motifs is 1. The third kappa shape index (κ3) is 6.92. The first-order chi connectivity index (χ1) is 17.9. The molecule has 0 saturated carbocycles. The molecule has 0 atom stereocenters. The van der Waals surface area contributed by atoms with E-state index in [-0.39, 0.29) is 5.91 Å². The van der Waals surface area contributed by atoms with E-state index in [0.717, 1.165) is 83.0 Å². The van der Waals surface area contributed by atoms with Gasteiger partial charge in [-0.05, 0) is 87.1 Å². The number of aryl methyl sites for hydroxylation is 5. The summed E-state index contributed by atoms with van der Waals surface area (Å²) in [7, 11) is 0. The predicted octanol–water partition coefficient (Wildman–Crippen LogP) is 7.23. The first kappa shape index (κ1) is 26.7. The van der Waals surface area contributed by atoms with Gasteiger partial charge in [0.05, 0.1) is 17.6 Å². The van der Waals surface area contributed by atoms with Crippen molar-refractivity contribution in [1.82, 2.24) is 14.9 Å². The second kappa shape index (κ2) is 12.8. The molecule has 6 heteroatoms. The lowest BCUT2D eigenvalue weighted by molar-refractivity contribution is 0.0952. The number of hydrogen-bond acceptors (Lipinski definition) is 3. The van der Waals surface area contributed by atoms with Crippen LogP contribution in [0, 0.1) is 20.8 Å². The Morgan fingerprint density at radius 3 is 2.43 bits per heavy atom. The van der Waals surface area contributed by atoms with Crippen LogP contribution in [0.5, 0.6) is 5.75 Å². The predicted molar refractivity (Wildman–Crippen MR) is 152 cm³/mol. The number of benzene rings is 3. The first-order valence-electron chi connectivity index (χ1n) is 13.1. The van der Waals surface area contributed by atoms with Gasteiger partial charge in [0.25, 0.3) is 5.91 Å². The number of amides is 1. The molecule has 37 heavy (non-hydrogen) atoms. The maximum Gasteiger partial charge on any atom is 0.251 e. The summed E-state index contributed by atoms with van der Waals surface area (Å²) in [6.07, 6.45) is 4.82. The zero-order valence-corrected chi connectivity index (χ0v) is 22.8. The lowest BCUT2D eigenvalue weighted by Gasteiger charge is -2.12. The van der Waals surface area contributed by atoms with Crippen molar-refractivity contribution in [3.63, 3.8) is 0 Å². The number of halogens is 1. The number of carbonyl (C=O) groups is 1. The standard InChI is InChI=1S/C31H36ClN3O2/c1-22-12-6-7-13-26(22)31(36)33-17-10-4-5-16-29-34-27-14-8-9-15-28(27)35(29)18-11-19-37-25-20-23(2)30(32)24(3)21-25/h6-9,12-15,20-21H,4-5,10-11,16-19H2,1-3H3,(H,33,36). The highest BCUT2D eigenvalue weighted by atomic mass is 35.5. The Hall–Kier alpha value is -3.31. The minimum absolute atomic E-state index is 0.00559. The summed E-state index contributed by atoms with van der Waals surface area (Å²) in [4.78, 5) is 17.3. The highest BCUT2D eigenvalue weighted by Gasteiger charge is 2.11. The van der Waals surface area contributed by atoms with Crippen molar-refractivity contribution in [3.05, 3.63) is 93.8 Å². The average molecular weight is 518 g/mol. The SMILES string of the molecule is Cc1ccccc1C(=O)NCCCCCc1nc2ccccc2n1CCCOc1cc(C)c(Cl)c(C)c1. The fraction of sp³-hybridized carbons (Fsp3) is 0.355. The molecule has 4 aromatic rings. The number of imidazole rings is 1. The molecular weight excluding hydrogens is 482 g/mol. The van der Waals surface area contributed by atoms with Crippen molar-refractivity contribution in [2.75, 3.05) is 13.2 Å². The van der Waals surface area contributed by atoms with Crippen LogP contribution in [0.25, 0.3) is 11.0 Å². The molecule has 194 valence electrons. The lowest BCUT2D eigenvalue weighted by atomic mass is 10.1. The maximum atomic E-state index is 12.4. The second-order valence-corrected chi connectivity index (χ2v) is 10.0. The highest BCUT2D eigenvalue weighted by Crippen LogP contribution is 2.26. The molecule has 4 rings (SSSR count). The van der Waals surface area contributed by atoms with Gasteiger partial charge in [0.1, 0.15) is 11.6 Å². The molecule has 3 aromatic carbocycles. The first-order valence-corrected chi connectivity index (χ1v) is 13.5. The molecule has 0 aliphatic heterocycles. The summed E-state index contributed by atoms with van der Waals surface area (Å²) in [5.41, 5.74) is 6.03. The van der Waals surface area contributed by atoms with E-state index in [4.69, 9.17) is 21.3 Å². The molecule has 1 aromatic heterocycles. The van der Waals surface area contributed by atoms with E-state index in [9.17, 15) is 4.79 Å². The molecule has 0 aliphatic carbocycles. The Morgan fingerprint density at radius 2 is 1.65 bits per heavy atom. The van der Waals surface area contributed by atoms with E-state index in [1.165, 1.54) is 5.52 Å². The van der Waals surface area contributed by atoms with Gasteiger partial charge in [0.15, 0.2) is 0 Å². The number of para-hydroxylation sites is 2. The second-order valence-electron chi connectivity index (χ2n) is 9.62. The van der Waals surface area contributed by atoms with E-state index in [1.807, 2.05) is 63.2 Å². The molecule has 5 nitrogen and oxygen atoms in total. The van der Waals surface area contributed by atoms with Crippen LogP contribution >= 0.6 is 11.6 Å². The van der Waals surface area contributed by atoms with Gasteiger partial charge >= 0.3 is 0 Å². The van der Waals surface area contributed by atoms with Gasteiger partial charge in [-0.25, -0.2) is 4.98 Å². The highest BCUT2D eigenvalue weighted by molar-refractivity contribution is 6.32. The summed E-state index contributed by atoms with van der Waals surface area (Å²) < 4.78 is 8.36. The third-order valence-electron chi connectivity index (χ3n) is 6.69. The van der Waals surface area contributed by atoms with Crippen molar-refractivity contribution >= 4 is 28.5 Å². The minimum Gasteiger partial charge on any atom is -0.494 e. The molecule has 1 N–H and O–H groups in total. The van der Waals surface area contributed by atoms with Gasteiger partial charge in [0, 0.05) is 30.1 Å². The molecule has 1 amide bonds. The van der Waals surface area contributed by atoms with Crippen LogP contribution in [0.1, 0.15) is 58.6 Å². The maximum absolute atomic E-state index is 12.4. The Kier molecular flexibility index (Phi) is 9.24. The van der Waals surface area contributed by atoms with Crippen LogP contribution < -0.4 is 10.1 Å². The van der Waals surface area contributed by atoms with Gasteiger partial charge in [-0.1, -0.05) is 48.4 Å². The number of ether oxygens (including phenoxy) is 1. The summed E-state index contributed by atoms with van der Waals surface area (Å²) in [6.45, 7) is 8.15. The van der Waals surface area contributed by atoms with Crippen molar-refractivity contribution in [3.8, 4) is 5.75 Å². The van der Waals surface area contributed by atoms with Gasteiger partial charge in [-0.3, -0.25) is 4.79 Å². The van der Waals surface area contributed by atoms with Gasteiger partial charge in [0.2, 0.25) is 0 Å². The normalized spacial score (nSPS) is 11.1. The number of rotatable bonds is 12. The smallest absolute Gasteiger partial charge is 0.251 e. The monoisotopic (exact) mass is 517 g/mol. The van der Waals surface area contributed by atoms with Crippen molar-refractivity contribution < 1.29 is 9.53 Å². The van der Waals surface area contributed by atoms with E-state index in [0.29, 0.717) is 13.2 Å². The molecule has 0 aliphatic rings. The van der Waals surface area contributed by atoms with Gasteiger partial charge in [-0.15, -0.1) is 0 Å². The largest absolute Gasteiger partial charge is 0.494 e. The molecule has 0 fully saturated rings. The Bertz CT molecular complexity index is 1340. The van der Waals surface area contributed by atoms with Crippen LogP contribution in [0.15, 0.2) is 60.7 Å². The summed E-state index contributed by atoms with van der Waals surface area (Å²) in [5, 5.41) is 3.85. The number of aromatic nitrogens is 2. The zero-order valence-electron chi connectivity index (χ0n) is 22.0. The average Bonchev–Trinajstić information content (AvgIpc) is 3.24. The molecule has 0 unspecified atom stereocenters. The number of carbonyl (C=O) groups excluding carboxylic acids is 1. The Labute approximate surface area is 224 Å². The van der Waals surface area contributed by atoms with Crippen molar-refractivity contribution in [2.45, 2.75) is 59.4 Å². The van der Waals surface area contributed by atoms with Gasteiger partial charge in [-0.2, -0.15) is 0 Å². The summed E-state index contributed by atoms with van der Waals surface area (Å²) in [5.74, 6) is 1.99. The Morgan fingerprint density at radius 1 is 0.919 bits per heavy atom. The van der Waals surface area contributed by atoms with Gasteiger partial charge < -0.3 is 14.6 Å². The number of unbranched alkanes of at least 4 members (excludes halogenated alkanes) is 2. The summed E-state index contributed by atoms with van der Waals surface area (Å²) in [6, 6.07) is 20.0. The third-order valence-corrected chi connectivity index (χ3v) is 7.29. The molecule has 1 heterocycles. The topological polar surface area (TPSA) is 56.2 Å². The van der Waals surface area contributed by atoms with Crippen molar-refractivity contribution in [1.29, 1.82) is 0 Å². The molecule has 0 saturated heterocycles. The number of nitrogens with one attached hydrogen (secondary N) is 1. The van der Waals surface area contributed by atoms with Crippen LogP contribution in [-0.2, 0) is 13.0 Å². The quantitative estimate of drug-likeness (QED) is 0.202. The number of nitrogens with zero attached hydrogens (tertiary/aromatic N) is 2. The Balaban J connectivity index is 1.26. The van der Waals surface area contributed by atoms with E-state index < -0.39 is 0 Å². The van der Waals surface area contributed by atoms with Crippen LogP contribution in [-0.4, -0.2) is 28.6 Å². The molecule has 0 bridgehead atoms. The summed E-state index contributed by atoms with van der Waals surface area (Å²) >= 11 is 6.28. The molecular formula is C31H36ClN3O2. The van der Waals surface area contributed by atoms with E-state index in [1.54, 1.807) is 0 Å². The molecule has 0 spiro atoms. The lowest BCUT2D eigenvalue weighted by Crippen LogP contribution is -2.25. The minimum atomic E-state index is 0.00559. The fourth-order valence-electron chi connectivity index (χ4n) is 4.68. The number of hydrogen-bond donors (Lipinski definition) is 1. The molecule has 0 radical (unpaired) electrons. The zero-order chi connectivity index (χ0) is 26.2. The van der Waals surface area contributed by atoms with Crippen LogP contribution in [0.2, 0.25) is 5.02 Å². The van der Waals surface area contributed by atoms with Crippen molar-refractivity contribution in [2.24, 2.45) is 0 Å². The van der Waals surface area contributed by atoms with E-state index >= 15 is 0 Å². The van der Waals surface area contributed by atoms with Crippen LogP contribution in [0.3, 0.4) is 0 Å². The fourth-order valence-corrected chi connectivity index (χ4v) is 4.79. The van der Waals surface area contributed by atoms with Crippen LogP contribution in [0.4, 0.5) is 0 Å². The van der Waals surface area contributed by atoms with E-state index in [2.05, 4.69) is 28.1 Å².